The molecule has 2 aliphatic rings. The third-order valence-electron chi connectivity index (χ3n) is 3.70. The fraction of sp³-hybridized carbons (Fsp3) is 0.667. The summed E-state index contributed by atoms with van der Waals surface area (Å²) in [5.41, 5.74) is 0.748. The van der Waals surface area contributed by atoms with E-state index in [9.17, 15) is 9.59 Å². The van der Waals surface area contributed by atoms with E-state index in [1.807, 2.05) is 20.9 Å². The molecule has 2 unspecified atom stereocenters. The van der Waals surface area contributed by atoms with Crippen molar-refractivity contribution in [2.24, 2.45) is 17.3 Å². The summed E-state index contributed by atoms with van der Waals surface area (Å²) in [6, 6.07) is 0. The number of likely N-dealkylation sites (tertiary alicyclic amines) is 1. The van der Waals surface area contributed by atoms with E-state index in [2.05, 4.69) is 11.9 Å². The molecule has 2 rings (SSSR count). The van der Waals surface area contributed by atoms with Gasteiger partial charge in [0.25, 0.3) is 0 Å². The number of likely N-dealkylation sites (N-methyl/N-ethyl adjacent to an activating group) is 1. The molecule has 0 aromatic heterocycles. The summed E-state index contributed by atoms with van der Waals surface area (Å²) >= 11 is 0. The van der Waals surface area contributed by atoms with Crippen LogP contribution in [0.3, 0.4) is 0 Å². The molecular formula is C12H18N2O2. The van der Waals surface area contributed by atoms with Gasteiger partial charge in [0.15, 0.2) is 0 Å². The van der Waals surface area contributed by atoms with Gasteiger partial charge >= 0.3 is 0 Å². The number of carbonyl (C=O) groups excluding carboxylic acids is 2. The van der Waals surface area contributed by atoms with Crippen molar-refractivity contribution >= 4 is 11.8 Å². The lowest BCUT2D eigenvalue weighted by Crippen LogP contribution is -2.38. The average Bonchev–Trinajstić information content (AvgIpc) is 2.66. The van der Waals surface area contributed by atoms with Crippen molar-refractivity contribution < 1.29 is 9.59 Å². The largest absolute Gasteiger partial charge is 0.316 e. The van der Waals surface area contributed by atoms with E-state index in [1.54, 1.807) is 0 Å². The minimum absolute atomic E-state index is 0.0164. The quantitative estimate of drug-likeness (QED) is 0.553. The Labute approximate surface area is 95.7 Å². The highest BCUT2D eigenvalue weighted by Crippen LogP contribution is 2.63. The number of nitrogens with zero attached hydrogens (tertiary/aromatic N) is 1. The molecule has 1 aliphatic carbocycles. The first-order valence-corrected chi connectivity index (χ1v) is 5.57. The molecule has 4 nitrogen and oxygen atoms in total. The van der Waals surface area contributed by atoms with E-state index in [0.717, 1.165) is 5.57 Å². The average molecular weight is 222 g/mol. The van der Waals surface area contributed by atoms with Crippen molar-refractivity contribution in [3.63, 3.8) is 0 Å². The van der Waals surface area contributed by atoms with Crippen molar-refractivity contribution in [2.75, 3.05) is 20.1 Å². The van der Waals surface area contributed by atoms with Gasteiger partial charge in [-0.1, -0.05) is 20.4 Å². The summed E-state index contributed by atoms with van der Waals surface area (Å²) in [4.78, 5) is 25.3. The van der Waals surface area contributed by atoms with Gasteiger partial charge in [-0.15, -0.1) is 0 Å². The Hall–Kier alpha value is -1.16. The van der Waals surface area contributed by atoms with E-state index < -0.39 is 0 Å². The maximum Gasteiger partial charge on any atom is 0.233 e. The predicted octanol–water partition coefficient (Wildman–Crippen LogP) is 0.403. The lowest BCUT2D eigenvalue weighted by atomic mass is 10.1. The van der Waals surface area contributed by atoms with E-state index in [1.165, 1.54) is 4.90 Å². The molecule has 2 amide bonds. The van der Waals surface area contributed by atoms with Crippen LogP contribution in [0.4, 0.5) is 0 Å². The monoisotopic (exact) mass is 222 g/mol. The maximum absolute atomic E-state index is 12.0. The van der Waals surface area contributed by atoms with Crippen LogP contribution in [0.15, 0.2) is 12.2 Å². The molecule has 0 spiro atoms. The summed E-state index contributed by atoms with van der Waals surface area (Å²) in [7, 11) is 1.82. The van der Waals surface area contributed by atoms with Crippen LogP contribution in [0.25, 0.3) is 0 Å². The molecule has 0 aromatic rings. The fourth-order valence-corrected chi connectivity index (χ4v) is 2.69. The third-order valence-corrected chi connectivity index (χ3v) is 3.70. The van der Waals surface area contributed by atoms with Gasteiger partial charge in [-0.3, -0.25) is 14.5 Å². The second-order valence-electron chi connectivity index (χ2n) is 5.32. The van der Waals surface area contributed by atoms with Crippen LogP contribution in [0.5, 0.6) is 0 Å². The van der Waals surface area contributed by atoms with Gasteiger partial charge in [0.05, 0.1) is 18.4 Å². The SMILES string of the molecule is C=C(CNC)CN1C(=O)C2C(C1=O)C2(C)C. The molecule has 4 heteroatoms. The highest BCUT2D eigenvalue weighted by molar-refractivity contribution is 6.10. The van der Waals surface area contributed by atoms with Crippen molar-refractivity contribution in [1.82, 2.24) is 10.2 Å². The smallest absolute Gasteiger partial charge is 0.233 e. The van der Waals surface area contributed by atoms with Gasteiger partial charge < -0.3 is 5.32 Å². The molecule has 1 N–H and O–H groups in total. The highest BCUT2D eigenvalue weighted by atomic mass is 16.2. The van der Waals surface area contributed by atoms with E-state index in [-0.39, 0.29) is 29.1 Å². The molecule has 1 saturated heterocycles. The van der Waals surface area contributed by atoms with Crippen molar-refractivity contribution in [3.8, 4) is 0 Å². The topological polar surface area (TPSA) is 49.4 Å². The highest BCUT2D eigenvalue weighted by Gasteiger charge is 2.72. The number of fused-ring (bicyclic) bond motifs is 1. The van der Waals surface area contributed by atoms with Crippen molar-refractivity contribution in [2.45, 2.75) is 13.8 Å². The van der Waals surface area contributed by atoms with Gasteiger partial charge in [0.1, 0.15) is 0 Å². The zero-order chi connectivity index (χ0) is 12.1. The molecular weight excluding hydrogens is 204 g/mol. The van der Waals surface area contributed by atoms with Crippen LogP contribution in [0.1, 0.15) is 13.8 Å². The van der Waals surface area contributed by atoms with Crippen LogP contribution in [0.2, 0.25) is 0 Å². The van der Waals surface area contributed by atoms with Crippen LogP contribution in [-0.2, 0) is 9.59 Å². The van der Waals surface area contributed by atoms with Gasteiger partial charge in [0, 0.05) is 6.54 Å². The summed E-state index contributed by atoms with van der Waals surface area (Å²) in [5.74, 6) is -0.195. The zero-order valence-corrected chi connectivity index (χ0v) is 10.0. The second-order valence-corrected chi connectivity index (χ2v) is 5.32. The molecule has 0 radical (unpaired) electrons. The Bertz CT molecular complexity index is 349. The Morgan fingerprint density at radius 2 is 1.88 bits per heavy atom. The lowest BCUT2D eigenvalue weighted by Gasteiger charge is -2.21. The zero-order valence-electron chi connectivity index (χ0n) is 10.0. The molecule has 0 bridgehead atoms. The number of imide groups is 1. The van der Waals surface area contributed by atoms with Gasteiger partial charge in [-0.25, -0.2) is 0 Å². The second kappa shape index (κ2) is 3.42. The van der Waals surface area contributed by atoms with Crippen LogP contribution in [0, 0.1) is 17.3 Å². The van der Waals surface area contributed by atoms with Gasteiger partial charge in [-0.05, 0) is 18.0 Å². The predicted molar refractivity (Wildman–Crippen MR) is 60.5 cm³/mol. The summed E-state index contributed by atoms with van der Waals surface area (Å²) in [6.45, 7) is 8.81. The molecule has 16 heavy (non-hydrogen) atoms. The first kappa shape index (κ1) is 11.3. The Morgan fingerprint density at radius 1 is 1.38 bits per heavy atom. The van der Waals surface area contributed by atoms with Crippen molar-refractivity contribution in [3.05, 3.63) is 12.2 Å². The first-order valence-electron chi connectivity index (χ1n) is 5.57. The minimum atomic E-state index is -0.116. The fourth-order valence-electron chi connectivity index (χ4n) is 2.69. The number of amides is 2. The standard InChI is InChI=1S/C12H18N2O2/c1-7(5-13-4)6-14-10(15)8-9(11(14)16)12(8,2)3/h8-9,13H,1,5-6H2,2-4H3. The number of piperidine rings is 1. The number of hydrogen-bond acceptors (Lipinski definition) is 3. The summed E-state index contributed by atoms with van der Waals surface area (Å²) in [5, 5.41) is 2.96. The molecule has 2 atom stereocenters. The lowest BCUT2D eigenvalue weighted by molar-refractivity contribution is -0.142. The number of nitrogens with one attached hydrogen (secondary N) is 1. The Morgan fingerprint density at radius 3 is 2.31 bits per heavy atom. The van der Waals surface area contributed by atoms with Gasteiger partial charge in [0.2, 0.25) is 11.8 Å². The normalized spacial score (nSPS) is 30.6. The summed E-state index contributed by atoms with van der Waals surface area (Å²) < 4.78 is 0. The van der Waals surface area contributed by atoms with E-state index >= 15 is 0 Å². The molecule has 2 fully saturated rings. The number of hydrogen-bond donors (Lipinski definition) is 1. The number of carbonyl (C=O) groups is 2. The molecule has 1 aliphatic heterocycles. The Balaban J connectivity index is 2.03. The molecule has 1 heterocycles. The Kier molecular flexibility index (Phi) is 2.42. The van der Waals surface area contributed by atoms with E-state index in [0.29, 0.717) is 13.1 Å². The van der Waals surface area contributed by atoms with E-state index in [4.69, 9.17) is 0 Å². The molecule has 88 valence electrons. The minimum Gasteiger partial charge on any atom is -0.316 e. The third kappa shape index (κ3) is 1.40. The van der Waals surface area contributed by atoms with Crippen molar-refractivity contribution in [1.29, 1.82) is 0 Å². The van der Waals surface area contributed by atoms with Crippen LogP contribution in [-0.4, -0.2) is 36.9 Å². The van der Waals surface area contributed by atoms with Gasteiger partial charge in [-0.2, -0.15) is 0 Å². The maximum atomic E-state index is 12.0. The molecule has 1 saturated carbocycles. The molecule has 0 aromatic carbocycles. The van der Waals surface area contributed by atoms with Crippen LogP contribution >= 0.6 is 0 Å². The first-order chi connectivity index (χ1) is 7.41. The summed E-state index contributed by atoms with van der Waals surface area (Å²) in [6.07, 6.45) is 0. The number of rotatable bonds is 4. The van der Waals surface area contributed by atoms with Crippen LogP contribution < -0.4 is 5.32 Å².